The fourth-order valence-electron chi connectivity index (χ4n) is 1.57. The Kier molecular flexibility index (Phi) is 5.04. The van der Waals surface area contributed by atoms with Gasteiger partial charge in [0.25, 0.3) is 0 Å². The second kappa shape index (κ2) is 6.63. The monoisotopic (exact) mass is 351 g/mol. The maximum atomic E-state index is 12.5. The van der Waals surface area contributed by atoms with Crippen LogP contribution in [0.3, 0.4) is 0 Å². The normalized spacial score (nSPS) is 12.3. The molecule has 0 fully saturated rings. The van der Waals surface area contributed by atoms with E-state index in [-0.39, 0.29) is 23.1 Å². The number of halogens is 3. The standard InChI is InChI=1S/C12H12F3N3O2S2/c13-12(14,15)9-3-4-16-10(8-9)17-5-6-18-22(19,20)11-2-1-7-21-11/h1-4,7-8,18H,5-6H2,(H,16,17). The van der Waals surface area contributed by atoms with Crippen LogP contribution in [0.2, 0.25) is 0 Å². The Labute approximate surface area is 129 Å². The quantitative estimate of drug-likeness (QED) is 0.785. The van der Waals surface area contributed by atoms with Crippen LogP contribution in [-0.2, 0) is 16.2 Å². The van der Waals surface area contributed by atoms with Gasteiger partial charge in [0.2, 0.25) is 10.0 Å². The smallest absolute Gasteiger partial charge is 0.369 e. The molecule has 0 saturated carbocycles. The topological polar surface area (TPSA) is 71.1 Å². The first-order valence-corrected chi connectivity index (χ1v) is 8.45. The zero-order chi connectivity index (χ0) is 16.2. The predicted octanol–water partition coefficient (Wildman–Crippen LogP) is 2.55. The number of hydrogen-bond acceptors (Lipinski definition) is 5. The highest BCUT2D eigenvalue weighted by Gasteiger charge is 2.30. The molecule has 120 valence electrons. The Balaban J connectivity index is 1.87. The molecule has 0 radical (unpaired) electrons. The van der Waals surface area contributed by atoms with Crippen LogP contribution in [0, 0.1) is 0 Å². The van der Waals surface area contributed by atoms with Crippen LogP contribution in [0.1, 0.15) is 5.56 Å². The molecule has 2 N–H and O–H groups in total. The lowest BCUT2D eigenvalue weighted by molar-refractivity contribution is -0.137. The summed E-state index contributed by atoms with van der Waals surface area (Å²) in [5.41, 5.74) is -0.816. The summed E-state index contributed by atoms with van der Waals surface area (Å²) >= 11 is 1.08. The molecule has 2 aromatic rings. The van der Waals surface area contributed by atoms with E-state index in [1.165, 1.54) is 6.07 Å². The van der Waals surface area contributed by atoms with Crippen molar-refractivity contribution in [3.8, 4) is 0 Å². The Morgan fingerprint density at radius 3 is 2.64 bits per heavy atom. The molecule has 0 spiro atoms. The third-order valence-corrected chi connectivity index (χ3v) is 5.43. The summed E-state index contributed by atoms with van der Waals surface area (Å²) in [4.78, 5) is 3.75. The molecule has 0 amide bonds. The summed E-state index contributed by atoms with van der Waals surface area (Å²) in [6, 6.07) is 4.82. The van der Waals surface area contributed by atoms with Crippen molar-refractivity contribution in [1.29, 1.82) is 0 Å². The number of nitrogens with zero attached hydrogens (tertiary/aromatic N) is 1. The van der Waals surface area contributed by atoms with Gasteiger partial charge < -0.3 is 5.32 Å². The number of rotatable bonds is 6. The van der Waals surface area contributed by atoms with Gasteiger partial charge in [0.05, 0.1) is 5.56 Å². The van der Waals surface area contributed by atoms with E-state index in [2.05, 4.69) is 15.0 Å². The van der Waals surface area contributed by atoms with E-state index in [0.29, 0.717) is 0 Å². The van der Waals surface area contributed by atoms with Crippen molar-refractivity contribution < 1.29 is 21.6 Å². The fourth-order valence-corrected chi connectivity index (χ4v) is 3.64. The summed E-state index contributed by atoms with van der Waals surface area (Å²) < 4.78 is 63.7. The van der Waals surface area contributed by atoms with Gasteiger partial charge >= 0.3 is 6.18 Å². The lowest BCUT2D eigenvalue weighted by Gasteiger charge is -2.10. The molecule has 0 aliphatic heterocycles. The summed E-state index contributed by atoms with van der Waals surface area (Å²) in [5, 5.41) is 4.28. The first-order valence-electron chi connectivity index (χ1n) is 6.09. The minimum absolute atomic E-state index is 0.0260. The molecule has 10 heteroatoms. The largest absolute Gasteiger partial charge is 0.416 e. The number of aromatic nitrogens is 1. The maximum Gasteiger partial charge on any atom is 0.416 e. The third kappa shape index (κ3) is 4.42. The van der Waals surface area contributed by atoms with Crippen LogP contribution in [0.5, 0.6) is 0 Å². The van der Waals surface area contributed by atoms with Gasteiger partial charge in [0.15, 0.2) is 0 Å². The average Bonchev–Trinajstić information content (AvgIpc) is 2.98. The zero-order valence-corrected chi connectivity index (χ0v) is 12.7. The van der Waals surface area contributed by atoms with Gasteiger partial charge in [0.1, 0.15) is 10.0 Å². The number of pyridine rings is 1. The molecule has 2 heterocycles. The number of hydrogen-bond donors (Lipinski definition) is 2. The summed E-state index contributed by atoms with van der Waals surface area (Å²) in [6.45, 7) is 0.136. The van der Waals surface area contributed by atoms with Crippen molar-refractivity contribution in [2.75, 3.05) is 18.4 Å². The van der Waals surface area contributed by atoms with Gasteiger partial charge in [0, 0.05) is 19.3 Å². The molecule has 0 atom stereocenters. The minimum Gasteiger partial charge on any atom is -0.369 e. The van der Waals surface area contributed by atoms with E-state index in [9.17, 15) is 21.6 Å². The van der Waals surface area contributed by atoms with E-state index in [4.69, 9.17) is 0 Å². The molecule has 0 bridgehead atoms. The Bertz CT molecular complexity index is 715. The van der Waals surface area contributed by atoms with Crippen LogP contribution >= 0.6 is 11.3 Å². The van der Waals surface area contributed by atoms with Crippen LogP contribution in [0.15, 0.2) is 40.1 Å². The van der Waals surface area contributed by atoms with E-state index in [0.717, 1.165) is 29.7 Å². The van der Waals surface area contributed by atoms with Gasteiger partial charge in [-0.2, -0.15) is 13.2 Å². The van der Waals surface area contributed by atoms with Crippen molar-refractivity contribution in [3.05, 3.63) is 41.4 Å². The first-order chi connectivity index (χ1) is 10.3. The molecular formula is C12H12F3N3O2S2. The third-order valence-electron chi connectivity index (χ3n) is 2.57. The molecular weight excluding hydrogens is 339 g/mol. The number of anilines is 1. The van der Waals surface area contributed by atoms with Gasteiger partial charge in [-0.15, -0.1) is 11.3 Å². The Morgan fingerprint density at radius 1 is 1.23 bits per heavy atom. The SMILES string of the molecule is O=S(=O)(NCCNc1cc(C(F)(F)F)ccn1)c1cccs1. The van der Waals surface area contributed by atoms with E-state index in [1.807, 2.05) is 0 Å². The van der Waals surface area contributed by atoms with E-state index in [1.54, 1.807) is 11.4 Å². The Morgan fingerprint density at radius 2 is 2.00 bits per heavy atom. The summed E-state index contributed by atoms with van der Waals surface area (Å²) in [6.07, 6.45) is -3.40. The maximum absolute atomic E-state index is 12.5. The minimum atomic E-state index is -4.44. The van der Waals surface area contributed by atoms with Gasteiger partial charge in [-0.3, -0.25) is 0 Å². The molecule has 0 aliphatic rings. The van der Waals surface area contributed by atoms with Crippen LogP contribution < -0.4 is 10.0 Å². The van der Waals surface area contributed by atoms with Gasteiger partial charge in [-0.05, 0) is 23.6 Å². The van der Waals surface area contributed by atoms with E-state index < -0.39 is 21.8 Å². The molecule has 2 rings (SSSR count). The molecule has 0 aliphatic carbocycles. The van der Waals surface area contributed by atoms with Crippen molar-refractivity contribution in [1.82, 2.24) is 9.71 Å². The van der Waals surface area contributed by atoms with Crippen LogP contribution in [0.25, 0.3) is 0 Å². The molecule has 2 aromatic heterocycles. The number of thiophene rings is 1. The predicted molar refractivity (Wildman–Crippen MR) is 77.2 cm³/mol. The second-order valence-corrected chi connectivity index (χ2v) is 7.13. The van der Waals surface area contributed by atoms with Crippen molar-refractivity contribution >= 4 is 27.2 Å². The lowest BCUT2D eigenvalue weighted by atomic mass is 10.2. The van der Waals surface area contributed by atoms with Crippen molar-refractivity contribution in [3.63, 3.8) is 0 Å². The molecule has 0 unspecified atom stereocenters. The number of sulfonamides is 1. The lowest BCUT2D eigenvalue weighted by Crippen LogP contribution is -2.28. The molecule has 5 nitrogen and oxygen atoms in total. The highest BCUT2D eigenvalue weighted by atomic mass is 32.2. The van der Waals surface area contributed by atoms with Crippen LogP contribution in [0.4, 0.5) is 19.0 Å². The van der Waals surface area contributed by atoms with Crippen molar-refractivity contribution in [2.24, 2.45) is 0 Å². The number of alkyl halides is 3. The van der Waals surface area contributed by atoms with Crippen LogP contribution in [-0.4, -0.2) is 26.5 Å². The summed E-state index contributed by atoms with van der Waals surface area (Å²) in [5.74, 6) is 0.0325. The molecule has 0 aromatic carbocycles. The zero-order valence-electron chi connectivity index (χ0n) is 11.1. The van der Waals surface area contributed by atoms with Gasteiger partial charge in [-0.25, -0.2) is 18.1 Å². The second-order valence-electron chi connectivity index (χ2n) is 4.18. The van der Waals surface area contributed by atoms with E-state index >= 15 is 0 Å². The highest BCUT2D eigenvalue weighted by Crippen LogP contribution is 2.29. The first kappa shape index (κ1) is 16.7. The molecule has 22 heavy (non-hydrogen) atoms. The summed E-state index contributed by atoms with van der Waals surface area (Å²) in [7, 11) is -3.57. The van der Waals surface area contributed by atoms with Gasteiger partial charge in [-0.1, -0.05) is 6.07 Å². The Hall–Kier alpha value is -1.65. The average molecular weight is 351 g/mol. The fraction of sp³-hybridized carbons (Fsp3) is 0.250. The highest BCUT2D eigenvalue weighted by molar-refractivity contribution is 7.91. The molecule has 0 saturated heterocycles. The van der Waals surface area contributed by atoms with Crippen molar-refractivity contribution in [2.45, 2.75) is 10.4 Å². The number of nitrogens with one attached hydrogen (secondary N) is 2.